The zero-order valence-electron chi connectivity index (χ0n) is 11.4. The quantitative estimate of drug-likeness (QED) is 0.788. The number of halogens is 1. The van der Waals surface area contributed by atoms with Crippen LogP contribution >= 0.6 is 11.3 Å². The van der Waals surface area contributed by atoms with Crippen LogP contribution in [-0.2, 0) is 6.54 Å². The summed E-state index contributed by atoms with van der Waals surface area (Å²) in [6, 6.07) is 6.51. The van der Waals surface area contributed by atoms with Gasteiger partial charge in [0, 0.05) is 17.5 Å². The van der Waals surface area contributed by atoms with Gasteiger partial charge in [-0.2, -0.15) is 0 Å². The van der Waals surface area contributed by atoms with Crippen LogP contribution in [0.5, 0.6) is 0 Å². The van der Waals surface area contributed by atoms with Crippen LogP contribution in [0, 0.1) is 5.82 Å². The molecule has 0 aliphatic carbocycles. The third kappa shape index (κ3) is 4.11. The maximum Gasteiger partial charge on any atom is 0.123 e. The van der Waals surface area contributed by atoms with Crippen LogP contribution in [0.25, 0.3) is 10.6 Å². The van der Waals surface area contributed by atoms with Crippen molar-refractivity contribution in [2.24, 2.45) is 0 Å². The fraction of sp³-hybridized carbons (Fsp3) is 0.400. The Balaban J connectivity index is 2.00. The number of nitrogens with zero attached hydrogens (tertiary/aromatic N) is 2. The lowest BCUT2D eigenvalue weighted by molar-refractivity contribution is 0.318. The van der Waals surface area contributed by atoms with E-state index >= 15 is 0 Å². The van der Waals surface area contributed by atoms with Gasteiger partial charge in [-0.3, -0.25) is 0 Å². The van der Waals surface area contributed by atoms with Crippen molar-refractivity contribution in [1.29, 1.82) is 0 Å². The van der Waals surface area contributed by atoms with E-state index in [-0.39, 0.29) is 5.82 Å². The van der Waals surface area contributed by atoms with Gasteiger partial charge in [-0.25, -0.2) is 9.37 Å². The Bertz CT molecular complexity index is 507. The molecule has 0 radical (unpaired) electrons. The summed E-state index contributed by atoms with van der Waals surface area (Å²) in [5.74, 6) is -0.208. The molecule has 0 N–H and O–H groups in total. The molecule has 1 aromatic heterocycles. The third-order valence-corrected chi connectivity index (χ3v) is 3.91. The van der Waals surface area contributed by atoms with E-state index in [1.54, 1.807) is 23.5 Å². The van der Waals surface area contributed by atoms with Gasteiger partial charge in [0.2, 0.25) is 0 Å². The maximum atomic E-state index is 12.9. The molecule has 0 amide bonds. The van der Waals surface area contributed by atoms with Crippen molar-refractivity contribution in [2.45, 2.75) is 26.3 Å². The molecule has 0 fully saturated rings. The summed E-state index contributed by atoms with van der Waals surface area (Å²) in [5.41, 5.74) is 2.07. The highest BCUT2D eigenvalue weighted by Gasteiger charge is 2.07. The van der Waals surface area contributed by atoms with Crippen LogP contribution in [0.2, 0.25) is 0 Å². The molecule has 0 spiro atoms. The lowest BCUT2D eigenvalue weighted by Crippen LogP contribution is -2.19. The molecule has 1 heterocycles. The van der Waals surface area contributed by atoms with E-state index in [1.165, 1.54) is 25.0 Å². The van der Waals surface area contributed by atoms with Crippen LogP contribution in [0.4, 0.5) is 4.39 Å². The summed E-state index contributed by atoms with van der Waals surface area (Å²) >= 11 is 1.61. The summed E-state index contributed by atoms with van der Waals surface area (Å²) in [6.45, 7) is 4.17. The molecule has 0 aliphatic rings. The van der Waals surface area contributed by atoms with Crippen molar-refractivity contribution in [3.63, 3.8) is 0 Å². The van der Waals surface area contributed by atoms with Crippen molar-refractivity contribution >= 4 is 11.3 Å². The van der Waals surface area contributed by atoms with Crippen LogP contribution in [0.15, 0.2) is 29.6 Å². The molecule has 0 atom stereocenters. The second-order valence-electron chi connectivity index (χ2n) is 4.74. The first-order chi connectivity index (χ1) is 9.19. The van der Waals surface area contributed by atoms with Crippen LogP contribution in [0.3, 0.4) is 0 Å². The first-order valence-electron chi connectivity index (χ1n) is 6.58. The summed E-state index contributed by atoms with van der Waals surface area (Å²) in [5, 5.41) is 3.04. The molecule has 0 aliphatic heterocycles. The lowest BCUT2D eigenvalue weighted by Gasteiger charge is -2.13. The van der Waals surface area contributed by atoms with Crippen molar-refractivity contribution in [3.05, 3.63) is 41.2 Å². The number of hydrogen-bond donors (Lipinski definition) is 0. The second kappa shape index (κ2) is 6.78. The van der Waals surface area contributed by atoms with E-state index in [0.29, 0.717) is 0 Å². The Labute approximate surface area is 117 Å². The first-order valence-corrected chi connectivity index (χ1v) is 7.46. The van der Waals surface area contributed by atoms with Gasteiger partial charge in [0.25, 0.3) is 0 Å². The number of benzene rings is 1. The Morgan fingerprint density at radius 2 is 2.00 bits per heavy atom. The van der Waals surface area contributed by atoms with Gasteiger partial charge in [-0.15, -0.1) is 11.3 Å². The van der Waals surface area contributed by atoms with Crippen LogP contribution in [0.1, 0.15) is 25.5 Å². The highest BCUT2D eigenvalue weighted by molar-refractivity contribution is 7.13. The van der Waals surface area contributed by atoms with Gasteiger partial charge in [-0.1, -0.05) is 13.3 Å². The highest BCUT2D eigenvalue weighted by Crippen LogP contribution is 2.24. The van der Waals surface area contributed by atoms with Gasteiger partial charge in [0.15, 0.2) is 0 Å². The minimum Gasteiger partial charge on any atom is -0.301 e. The van der Waals surface area contributed by atoms with Gasteiger partial charge in [-0.05, 0) is 44.3 Å². The average molecular weight is 278 g/mol. The number of unbranched alkanes of at least 4 members (excludes halogenated alkanes) is 1. The summed E-state index contributed by atoms with van der Waals surface area (Å²) < 4.78 is 12.9. The van der Waals surface area contributed by atoms with Crippen molar-refractivity contribution in [3.8, 4) is 10.6 Å². The minimum atomic E-state index is -0.208. The predicted octanol–water partition coefficient (Wildman–Crippen LogP) is 4.18. The SMILES string of the molecule is CCCCN(C)Cc1csc(-c2ccc(F)cc2)n1. The van der Waals surface area contributed by atoms with Gasteiger partial charge >= 0.3 is 0 Å². The fourth-order valence-corrected chi connectivity index (χ4v) is 2.71. The molecule has 0 saturated heterocycles. The molecule has 0 bridgehead atoms. The Morgan fingerprint density at radius 3 is 2.68 bits per heavy atom. The number of rotatable bonds is 6. The molecule has 4 heteroatoms. The third-order valence-electron chi connectivity index (χ3n) is 2.97. The minimum absolute atomic E-state index is 0.208. The van der Waals surface area contributed by atoms with Crippen molar-refractivity contribution < 1.29 is 4.39 Å². The van der Waals surface area contributed by atoms with E-state index in [9.17, 15) is 4.39 Å². The largest absolute Gasteiger partial charge is 0.301 e. The van der Waals surface area contributed by atoms with E-state index < -0.39 is 0 Å². The number of aromatic nitrogens is 1. The molecule has 1 aromatic carbocycles. The Kier molecular flexibility index (Phi) is 5.05. The van der Waals surface area contributed by atoms with E-state index in [0.717, 1.165) is 29.4 Å². The fourth-order valence-electron chi connectivity index (χ4n) is 1.89. The molecular formula is C15H19FN2S. The first kappa shape index (κ1) is 14.2. The van der Waals surface area contributed by atoms with Gasteiger partial charge in [0.1, 0.15) is 10.8 Å². The Hall–Kier alpha value is -1.26. The average Bonchev–Trinajstić information content (AvgIpc) is 2.85. The highest BCUT2D eigenvalue weighted by atomic mass is 32.1. The molecule has 2 aromatic rings. The van der Waals surface area contributed by atoms with E-state index in [4.69, 9.17) is 0 Å². The summed E-state index contributed by atoms with van der Waals surface area (Å²) in [7, 11) is 2.12. The number of hydrogen-bond acceptors (Lipinski definition) is 3. The number of thiazole rings is 1. The topological polar surface area (TPSA) is 16.1 Å². The lowest BCUT2D eigenvalue weighted by atomic mass is 10.2. The van der Waals surface area contributed by atoms with E-state index in [2.05, 4.69) is 29.2 Å². The van der Waals surface area contributed by atoms with Crippen LogP contribution < -0.4 is 0 Å². The normalized spacial score (nSPS) is 11.2. The predicted molar refractivity (Wildman–Crippen MR) is 78.8 cm³/mol. The maximum absolute atomic E-state index is 12.9. The summed E-state index contributed by atoms with van der Waals surface area (Å²) in [4.78, 5) is 6.90. The van der Waals surface area contributed by atoms with E-state index in [1.807, 2.05) is 0 Å². The monoisotopic (exact) mass is 278 g/mol. The molecular weight excluding hydrogens is 259 g/mol. The van der Waals surface area contributed by atoms with Crippen molar-refractivity contribution in [1.82, 2.24) is 9.88 Å². The molecule has 2 nitrogen and oxygen atoms in total. The zero-order chi connectivity index (χ0) is 13.7. The smallest absolute Gasteiger partial charge is 0.123 e. The van der Waals surface area contributed by atoms with Gasteiger partial charge < -0.3 is 4.90 Å². The molecule has 0 unspecified atom stereocenters. The molecule has 102 valence electrons. The van der Waals surface area contributed by atoms with Crippen LogP contribution in [-0.4, -0.2) is 23.5 Å². The Morgan fingerprint density at radius 1 is 1.26 bits per heavy atom. The summed E-state index contributed by atoms with van der Waals surface area (Å²) in [6.07, 6.45) is 2.42. The molecule has 2 rings (SSSR count). The molecule has 19 heavy (non-hydrogen) atoms. The van der Waals surface area contributed by atoms with Crippen molar-refractivity contribution in [2.75, 3.05) is 13.6 Å². The van der Waals surface area contributed by atoms with Gasteiger partial charge in [0.05, 0.1) is 5.69 Å². The standard InChI is InChI=1S/C15H19FN2S/c1-3-4-9-18(2)10-14-11-19-15(17-14)12-5-7-13(16)8-6-12/h5-8,11H,3-4,9-10H2,1-2H3. The molecule has 0 saturated carbocycles. The zero-order valence-corrected chi connectivity index (χ0v) is 12.2. The second-order valence-corrected chi connectivity index (χ2v) is 5.60.